The Balaban J connectivity index is 1.95. The van der Waals surface area contributed by atoms with E-state index in [1.807, 2.05) is 0 Å². The van der Waals surface area contributed by atoms with E-state index in [9.17, 15) is 9.59 Å². The molecule has 0 saturated heterocycles. The number of hydrogen-bond acceptors (Lipinski definition) is 6. The van der Waals surface area contributed by atoms with Gasteiger partial charge in [0.15, 0.2) is 11.5 Å². The van der Waals surface area contributed by atoms with Gasteiger partial charge in [0, 0.05) is 11.3 Å². The number of nitrogens with one attached hydrogen (secondary N) is 1. The van der Waals surface area contributed by atoms with Gasteiger partial charge in [-0.25, -0.2) is 9.59 Å². The van der Waals surface area contributed by atoms with Gasteiger partial charge in [0.25, 0.3) is 0 Å². The van der Waals surface area contributed by atoms with Gasteiger partial charge >= 0.3 is 11.9 Å². The zero-order chi connectivity index (χ0) is 17.3. The summed E-state index contributed by atoms with van der Waals surface area (Å²) < 4.78 is 15.8. The molecule has 2 aromatic carbocycles. The predicted octanol–water partition coefficient (Wildman–Crippen LogP) is 2.68. The van der Waals surface area contributed by atoms with Crippen LogP contribution in [-0.2, 0) is 4.74 Å². The largest absolute Gasteiger partial charge is 0.493 e. The first-order chi connectivity index (χ1) is 11.5. The molecule has 0 amide bonds. The number of hydrogen-bond donors (Lipinski definition) is 2. The lowest BCUT2D eigenvalue weighted by molar-refractivity contribution is 0.0434. The highest BCUT2D eigenvalue weighted by Gasteiger charge is 2.35. The van der Waals surface area contributed by atoms with Gasteiger partial charge in [0.05, 0.1) is 19.8 Å². The van der Waals surface area contributed by atoms with Gasteiger partial charge < -0.3 is 24.6 Å². The normalized spacial score (nSPS) is 15.4. The van der Waals surface area contributed by atoms with Gasteiger partial charge in [0.2, 0.25) is 6.23 Å². The molecule has 1 aliphatic heterocycles. The van der Waals surface area contributed by atoms with E-state index in [4.69, 9.17) is 19.3 Å². The van der Waals surface area contributed by atoms with E-state index in [1.54, 1.807) is 24.3 Å². The Morgan fingerprint density at radius 1 is 1.21 bits per heavy atom. The molecule has 124 valence electrons. The molecule has 1 aliphatic rings. The van der Waals surface area contributed by atoms with Crippen molar-refractivity contribution in [3.63, 3.8) is 0 Å². The van der Waals surface area contributed by atoms with Crippen LogP contribution in [0.25, 0.3) is 0 Å². The van der Waals surface area contributed by atoms with E-state index >= 15 is 0 Å². The summed E-state index contributed by atoms with van der Waals surface area (Å²) in [5, 5.41) is 12.1. The second-order valence-electron chi connectivity index (χ2n) is 5.08. The summed E-state index contributed by atoms with van der Waals surface area (Å²) in [5.41, 5.74) is 1.55. The summed E-state index contributed by atoms with van der Waals surface area (Å²) in [4.78, 5) is 23.2. The van der Waals surface area contributed by atoms with Crippen LogP contribution in [0.3, 0.4) is 0 Å². The molecule has 0 aromatic heterocycles. The number of methoxy groups -OCH3 is 2. The minimum absolute atomic E-state index is 0.136. The molecule has 3 rings (SSSR count). The summed E-state index contributed by atoms with van der Waals surface area (Å²) in [6, 6.07) is 9.64. The van der Waals surface area contributed by atoms with Crippen molar-refractivity contribution in [1.29, 1.82) is 0 Å². The average molecular weight is 329 g/mol. The lowest BCUT2D eigenvalue weighted by Crippen LogP contribution is -2.10. The van der Waals surface area contributed by atoms with Gasteiger partial charge in [-0.2, -0.15) is 0 Å². The maximum atomic E-state index is 12.2. The number of cyclic esters (lactones) is 1. The molecule has 1 atom stereocenters. The molecule has 24 heavy (non-hydrogen) atoms. The zero-order valence-corrected chi connectivity index (χ0v) is 13.0. The molecule has 1 unspecified atom stereocenters. The van der Waals surface area contributed by atoms with Crippen molar-refractivity contribution < 1.29 is 28.9 Å². The fourth-order valence-corrected chi connectivity index (χ4v) is 2.60. The van der Waals surface area contributed by atoms with E-state index in [0.29, 0.717) is 28.3 Å². The third kappa shape index (κ3) is 2.60. The summed E-state index contributed by atoms with van der Waals surface area (Å²) in [6.07, 6.45) is -0.739. The number of carbonyl (C=O) groups excluding carboxylic acids is 1. The summed E-state index contributed by atoms with van der Waals surface area (Å²) in [6.45, 7) is 0. The number of carbonyl (C=O) groups is 2. The Morgan fingerprint density at radius 2 is 2.00 bits per heavy atom. The first kappa shape index (κ1) is 15.7. The third-order valence-corrected chi connectivity index (χ3v) is 3.70. The molecule has 2 aromatic rings. The standard InChI is InChI=1S/C17H15NO6/c1-22-12-7-6-11-13(14(12)23-2)17(21)24-15(11)18-10-5-3-4-9(8-10)16(19)20/h3-8,15,18H,1-2H3,(H,19,20). The molecular formula is C17H15NO6. The smallest absolute Gasteiger partial charge is 0.344 e. The summed E-state index contributed by atoms with van der Waals surface area (Å²) in [7, 11) is 2.93. The number of carboxylic acids is 1. The number of fused-ring (bicyclic) bond motifs is 1. The summed E-state index contributed by atoms with van der Waals surface area (Å²) >= 11 is 0. The molecule has 0 aliphatic carbocycles. The van der Waals surface area contributed by atoms with Gasteiger partial charge in [-0.1, -0.05) is 6.07 Å². The van der Waals surface area contributed by atoms with Crippen LogP contribution in [0.5, 0.6) is 11.5 Å². The van der Waals surface area contributed by atoms with Gasteiger partial charge in [0.1, 0.15) is 5.56 Å². The molecule has 0 fully saturated rings. The Hall–Kier alpha value is -3.22. The quantitative estimate of drug-likeness (QED) is 0.814. The third-order valence-electron chi connectivity index (χ3n) is 3.70. The van der Waals surface area contributed by atoms with Crippen molar-refractivity contribution in [1.82, 2.24) is 0 Å². The second kappa shape index (κ2) is 6.11. The number of ether oxygens (including phenoxy) is 3. The number of esters is 1. The fourth-order valence-electron chi connectivity index (χ4n) is 2.60. The fraction of sp³-hybridized carbons (Fsp3) is 0.176. The Morgan fingerprint density at radius 3 is 2.67 bits per heavy atom. The highest BCUT2D eigenvalue weighted by molar-refractivity contribution is 5.98. The molecule has 2 N–H and O–H groups in total. The van der Waals surface area contributed by atoms with Crippen molar-refractivity contribution in [2.45, 2.75) is 6.23 Å². The van der Waals surface area contributed by atoms with Crippen molar-refractivity contribution in [2.75, 3.05) is 19.5 Å². The number of anilines is 1. The van der Waals surface area contributed by atoms with Crippen molar-refractivity contribution >= 4 is 17.6 Å². The van der Waals surface area contributed by atoms with E-state index in [2.05, 4.69) is 5.32 Å². The van der Waals surface area contributed by atoms with Crippen molar-refractivity contribution in [3.8, 4) is 11.5 Å². The first-order valence-electron chi connectivity index (χ1n) is 7.11. The van der Waals surface area contributed by atoms with Crippen molar-refractivity contribution in [2.24, 2.45) is 0 Å². The Bertz CT molecular complexity index is 817. The van der Waals surface area contributed by atoms with Gasteiger partial charge in [-0.15, -0.1) is 0 Å². The predicted molar refractivity (Wildman–Crippen MR) is 84.7 cm³/mol. The highest BCUT2D eigenvalue weighted by atomic mass is 16.6. The van der Waals surface area contributed by atoms with Gasteiger partial charge in [-0.05, 0) is 30.3 Å². The van der Waals surface area contributed by atoms with E-state index in [1.165, 1.54) is 26.4 Å². The lowest BCUT2D eigenvalue weighted by Gasteiger charge is -2.15. The van der Waals surface area contributed by atoms with Gasteiger partial charge in [-0.3, -0.25) is 0 Å². The number of benzene rings is 2. The number of carboxylic acid groups (broad SMARTS) is 1. The minimum Gasteiger partial charge on any atom is -0.493 e. The number of rotatable bonds is 5. The molecule has 1 heterocycles. The second-order valence-corrected chi connectivity index (χ2v) is 5.08. The van der Waals surface area contributed by atoms with E-state index in [-0.39, 0.29) is 5.56 Å². The molecule has 7 nitrogen and oxygen atoms in total. The topological polar surface area (TPSA) is 94.1 Å². The van der Waals surface area contributed by atoms with Crippen LogP contribution < -0.4 is 14.8 Å². The van der Waals surface area contributed by atoms with Crippen LogP contribution in [0.4, 0.5) is 5.69 Å². The minimum atomic E-state index is -1.03. The number of aromatic carboxylic acids is 1. The molecule has 0 spiro atoms. The van der Waals surface area contributed by atoms with E-state index in [0.717, 1.165) is 0 Å². The monoisotopic (exact) mass is 329 g/mol. The summed E-state index contributed by atoms with van der Waals surface area (Å²) in [5.74, 6) is -0.827. The van der Waals surface area contributed by atoms with Crippen LogP contribution in [0.2, 0.25) is 0 Å². The SMILES string of the molecule is COc1ccc2c(c1OC)C(=O)OC2Nc1cccc(C(=O)O)c1. The van der Waals surface area contributed by atoms with Crippen LogP contribution in [-0.4, -0.2) is 31.3 Å². The van der Waals surface area contributed by atoms with E-state index < -0.39 is 18.2 Å². The Kier molecular flexibility index (Phi) is 3.99. The zero-order valence-electron chi connectivity index (χ0n) is 13.0. The van der Waals surface area contributed by atoms with Crippen molar-refractivity contribution in [3.05, 3.63) is 53.1 Å². The Labute approximate surface area is 137 Å². The first-order valence-corrected chi connectivity index (χ1v) is 7.11. The molecule has 0 bridgehead atoms. The lowest BCUT2D eigenvalue weighted by atomic mass is 10.1. The molecule has 0 radical (unpaired) electrons. The van der Waals surface area contributed by atoms with Crippen LogP contribution in [0.1, 0.15) is 32.5 Å². The molecule has 0 saturated carbocycles. The highest BCUT2D eigenvalue weighted by Crippen LogP contribution is 2.42. The molecule has 7 heteroatoms. The maximum absolute atomic E-state index is 12.2. The van der Waals surface area contributed by atoms with Crippen LogP contribution >= 0.6 is 0 Å². The van der Waals surface area contributed by atoms with Crippen LogP contribution in [0.15, 0.2) is 36.4 Å². The maximum Gasteiger partial charge on any atom is 0.344 e. The van der Waals surface area contributed by atoms with Crippen LogP contribution in [0, 0.1) is 0 Å². The average Bonchev–Trinajstić information content (AvgIpc) is 2.90. The molecular weight excluding hydrogens is 314 g/mol.